The molecule has 1 saturated heterocycles. The molecule has 1 amide bonds. The standard InChI is InChI=1S/C26H32F3N7O2/c1-15-12-35(23(37)38-24(3,4)5)16(2)11-34(15)21-20-22(33-14-32-21)36(13-25(20,6)7)19-8-18(26(27,28)29)17(9-30)10-31-19/h8,10,14-16H,11-13H2,1-7H3/t15-,16+/m0/s1. The van der Waals surface area contributed by atoms with Gasteiger partial charge in [0.1, 0.15) is 35.5 Å². The van der Waals surface area contributed by atoms with Crippen LogP contribution < -0.4 is 9.80 Å². The molecule has 1 fully saturated rings. The Morgan fingerprint density at radius 3 is 2.37 bits per heavy atom. The van der Waals surface area contributed by atoms with E-state index in [1.165, 1.54) is 6.33 Å². The number of alkyl halides is 3. The molecule has 2 aromatic heterocycles. The van der Waals surface area contributed by atoms with Crippen molar-refractivity contribution < 1.29 is 22.7 Å². The minimum absolute atomic E-state index is 0.0592. The summed E-state index contributed by atoms with van der Waals surface area (Å²) < 4.78 is 46.5. The molecule has 0 aromatic carbocycles. The quantitative estimate of drug-likeness (QED) is 0.533. The molecule has 12 heteroatoms. The maximum atomic E-state index is 13.6. The molecule has 0 bridgehead atoms. The second kappa shape index (κ2) is 9.29. The summed E-state index contributed by atoms with van der Waals surface area (Å²) in [5.74, 6) is 1.21. The van der Waals surface area contributed by atoms with Crippen molar-refractivity contribution in [3.63, 3.8) is 0 Å². The number of nitrogens with zero attached hydrogens (tertiary/aromatic N) is 7. The molecule has 2 aliphatic heterocycles. The zero-order valence-electron chi connectivity index (χ0n) is 22.6. The monoisotopic (exact) mass is 531 g/mol. The number of hydrogen-bond acceptors (Lipinski definition) is 8. The lowest BCUT2D eigenvalue weighted by molar-refractivity contribution is -0.137. The number of anilines is 3. The first-order chi connectivity index (χ1) is 17.5. The lowest BCUT2D eigenvalue weighted by Gasteiger charge is -2.45. The third kappa shape index (κ3) is 5.06. The van der Waals surface area contributed by atoms with Crippen LogP contribution in [0.1, 0.15) is 65.2 Å². The summed E-state index contributed by atoms with van der Waals surface area (Å²) in [5, 5.41) is 9.15. The van der Waals surface area contributed by atoms with Gasteiger partial charge in [-0.2, -0.15) is 18.4 Å². The van der Waals surface area contributed by atoms with Crippen molar-refractivity contribution in [2.45, 2.75) is 77.7 Å². The van der Waals surface area contributed by atoms with E-state index in [-0.39, 0.29) is 24.0 Å². The van der Waals surface area contributed by atoms with E-state index >= 15 is 0 Å². The highest BCUT2D eigenvalue weighted by Gasteiger charge is 2.44. The molecule has 2 aromatic rings. The molecule has 0 aliphatic carbocycles. The fourth-order valence-electron chi connectivity index (χ4n) is 5.05. The van der Waals surface area contributed by atoms with Crippen molar-refractivity contribution in [1.29, 1.82) is 5.26 Å². The van der Waals surface area contributed by atoms with Gasteiger partial charge in [-0.15, -0.1) is 0 Å². The molecule has 0 radical (unpaired) electrons. The van der Waals surface area contributed by atoms with Gasteiger partial charge in [-0.3, -0.25) is 0 Å². The second-order valence-electron chi connectivity index (χ2n) is 11.5. The first-order valence-corrected chi connectivity index (χ1v) is 12.4. The van der Waals surface area contributed by atoms with Crippen molar-refractivity contribution in [3.8, 4) is 6.07 Å². The Morgan fingerprint density at radius 2 is 1.76 bits per heavy atom. The summed E-state index contributed by atoms with van der Waals surface area (Å²) in [6.45, 7) is 14.6. The first kappa shape index (κ1) is 27.4. The van der Waals surface area contributed by atoms with E-state index in [9.17, 15) is 18.0 Å². The van der Waals surface area contributed by atoms with Gasteiger partial charge < -0.3 is 19.4 Å². The normalized spacial score (nSPS) is 21.2. The van der Waals surface area contributed by atoms with Gasteiger partial charge in [0.05, 0.1) is 11.1 Å². The van der Waals surface area contributed by atoms with Crippen molar-refractivity contribution >= 4 is 23.5 Å². The van der Waals surface area contributed by atoms with E-state index in [1.807, 2.05) is 48.5 Å². The van der Waals surface area contributed by atoms with Crippen LogP contribution in [-0.2, 0) is 16.3 Å². The number of piperazine rings is 1. The van der Waals surface area contributed by atoms with Crippen molar-refractivity contribution in [2.75, 3.05) is 29.4 Å². The molecule has 0 saturated carbocycles. The average molecular weight is 532 g/mol. The number of hydrogen-bond donors (Lipinski definition) is 0. The van der Waals surface area contributed by atoms with E-state index < -0.39 is 28.3 Å². The van der Waals surface area contributed by atoms with E-state index in [1.54, 1.807) is 15.9 Å². The van der Waals surface area contributed by atoms with Gasteiger partial charge in [0.25, 0.3) is 0 Å². The molecular weight excluding hydrogens is 499 g/mol. The molecule has 0 N–H and O–H groups in total. The minimum Gasteiger partial charge on any atom is -0.444 e. The Morgan fingerprint density at radius 1 is 1.11 bits per heavy atom. The van der Waals surface area contributed by atoms with Crippen LogP contribution >= 0.6 is 0 Å². The van der Waals surface area contributed by atoms with E-state index in [4.69, 9.17) is 10.00 Å². The number of fused-ring (bicyclic) bond motifs is 1. The van der Waals surface area contributed by atoms with Gasteiger partial charge in [-0.25, -0.2) is 19.7 Å². The van der Waals surface area contributed by atoms with Crippen LogP contribution in [0.2, 0.25) is 0 Å². The van der Waals surface area contributed by atoms with Gasteiger partial charge in [0.2, 0.25) is 0 Å². The zero-order chi connectivity index (χ0) is 28.2. The molecule has 2 aliphatic rings. The Kier molecular flexibility index (Phi) is 6.70. The number of carbonyl (C=O) groups excluding carboxylic acids is 1. The number of ether oxygens (including phenoxy) is 1. The van der Waals surface area contributed by atoms with Gasteiger partial charge in [-0.05, 0) is 40.7 Å². The van der Waals surface area contributed by atoms with Gasteiger partial charge in [-0.1, -0.05) is 13.8 Å². The van der Waals surface area contributed by atoms with Gasteiger partial charge >= 0.3 is 12.3 Å². The molecule has 0 unspecified atom stereocenters. The number of halogens is 3. The fourth-order valence-corrected chi connectivity index (χ4v) is 5.05. The Labute approximate surface area is 220 Å². The predicted molar refractivity (Wildman–Crippen MR) is 135 cm³/mol. The number of carbonyl (C=O) groups is 1. The Hall–Kier alpha value is -3.62. The lowest BCUT2D eigenvalue weighted by atomic mass is 9.87. The zero-order valence-corrected chi connectivity index (χ0v) is 22.6. The summed E-state index contributed by atoms with van der Waals surface area (Å²) in [6.07, 6.45) is -2.72. The average Bonchev–Trinajstić information content (AvgIpc) is 3.09. The number of amides is 1. The highest BCUT2D eigenvalue weighted by molar-refractivity contribution is 5.75. The molecule has 4 heterocycles. The predicted octanol–water partition coefficient (Wildman–Crippen LogP) is 5.03. The summed E-state index contributed by atoms with van der Waals surface area (Å²) in [4.78, 5) is 31.5. The maximum Gasteiger partial charge on any atom is 0.417 e. The molecule has 204 valence electrons. The van der Waals surface area contributed by atoms with Crippen LogP contribution in [0.3, 0.4) is 0 Å². The smallest absolute Gasteiger partial charge is 0.417 e. The molecule has 9 nitrogen and oxygen atoms in total. The highest BCUT2D eigenvalue weighted by atomic mass is 19.4. The lowest BCUT2D eigenvalue weighted by Crippen LogP contribution is -2.59. The van der Waals surface area contributed by atoms with Gasteiger partial charge in [0, 0.05) is 48.9 Å². The molecular formula is C26H32F3N7O2. The van der Waals surface area contributed by atoms with Crippen LogP contribution in [0.4, 0.5) is 35.4 Å². The number of rotatable bonds is 2. The van der Waals surface area contributed by atoms with Crippen molar-refractivity contribution in [3.05, 3.63) is 35.3 Å². The van der Waals surface area contributed by atoms with Crippen LogP contribution in [0, 0.1) is 11.3 Å². The second-order valence-corrected chi connectivity index (χ2v) is 11.5. The largest absolute Gasteiger partial charge is 0.444 e. The van der Waals surface area contributed by atoms with Crippen LogP contribution in [0.15, 0.2) is 18.6 Å². The molecule has 4 rings (SSSR count). The Bertz CT molecular complexity index is 1280. The third-order valence-electron chi connectivity index (χ3n) is 6.77. The summed E-state index contributed by atoms with van der Waals surface area (Å²) in [6, 6.07) is 2.20. The van der Waals surface area contributed by atoms with Crippen molar-refractivity contribution in [2.24, 2.45) is 0 Å². The number of aromatic nitrogens is 3. The molecule has 2 atom stereocenters. The number of nitriles is 1. The van der Waals surface area contributed by atoms with Gasteiger partial charge in [0.15, 0.2) is 0 Å². The number of pyridine rings is 1. The van der Waals surface area contributed by atoms with E-state index in [0.29, 0.717) is 31.3 Å². The third-order valence-corrected chi connectivity index (χ3v) is 6.77. The minimum atomic E-state index is -4.70. The summed E-state index contributed by atoms with van der Waals surface area (Å²) in [5.41, 5.74) is -1.90. The molecule has 0 spiro atoms. The van der Waals surface area contributed by atoms with Crippen LogP contribution in [0.25, 0.3) is 0 Å². The SMILES string of the molecule is C[C@@H]1CN(c2ncnc3c2C(C)(C)CN3c2cc(C(F)(F)F)c(C#N)cn2)[C@@H](C)CN1C(=O)OC(C)(C)C. The summed E-state index contributed by atoms with van der Waals surface area (Å²) in [7, 11) is 0. The summed E-state index contributed by atoms with van der Waals surface area (Å²) >= 11 is 0. The Balaban J connectivity index is 1.70. The fraction of sp³-hybridized carbons (Fsp3) is 0.577. The molecule has 38 heavy (non-hydrogen) atoms. The van der Waals surface area contributed by atoms with Crippen LogP contribution in [0.5, 0.6) is 0 Å². The van der Waals surface area contributed by atoms with Crippen molar-refractivity contribution in [1.82, 2.24) is 19.9 Å². The first-order valence-electron chi connectivity index (χ1n) is 12.4. The topological polar surface area (TPSA) is 98.5 Å². The van der Waals surface area contributed by atoms with Crippen LogP contribution in [-0.4, -0.2) is 63.3 Å². The van der Waals surface area contributed by atoms with E-state index in [2.05, 4.69) is 19.9 Å². The maximum absolute atomic E-state index is 13.6. The highest BCUT2D eigenvalue weighted by Crippen LogP contribution is 2.47. The van der Waals surface area contributed by atoms with E-state index in [0.717, 1.165) is 17.8 Å².